The maximum absolute atomic E-state index is 11.4. The molecule has 0 fully saturated rings. The van der Waals surface area contributed by atoms with Crippen molar-refractivity contribution in [1.29, 1.82) is 0 Å². The lowest BCUT2D eigenvalue weighted by molar-refractivity contribution is -0.140. The zero-order chi connectivity index (χ0) is 23.1. The van der Waals surface area contributed by atoms with Crippen molar-refractivity contribution in [3.63, 3.8) is 0 Å². The van der Waals surface area contributed by atoms with E-state index in [0.717, 1.165) is 32.1 Å². The molecule has 0 aromatic rings. The van der Waals surface area contributed by atoms with Gasteiger partial charge in [-0.25, -0.2) is 4.79 Å². The van der Waals surface area contributed by atoms with Gasteiger partial charge in [0.1, 0.15) is 6.04 Å². The third-order valence-corrected chi connectivity index (χ3v) is 5.79. The molecule has 0 aliphatic heterocycles. The second kappa shape index (κ2) is 16.0. The molecule has 0 aliphatic rings. The van der Waals surface area contributed by atoms with Gasteiger partial charge in [0.15, 0.2) is 0 Å². The molecular weight excluding hydrogens is 394 g/mol. The van der Waals surface area contributed by atoms with Gasteiger partial charge in [0.2, 0.25) is 5.91 Å². The van der Waals surface area contributed by atoms with E-state index in [9.17, 15) is 14.7 Å². The van der Waals surface area contributed by atoms with Crippen molar-refractivity contribution in [2.45, 2.75) is 91.9 Å². The van der Waals surface area contributed by atoms with Crippen molar-refractivity contribution < 1.29 is 14.7 Å². The Bertz CT molecular complexity index is 666. The van der Waals surface area contributed by atoms with E-state index < -0.39 is 12.0 Å². The van der Waals surface area contributed by atoms with Crippen LogP contribution in [0.5, 0.6) is 0 Å². The first-order valence-electron chi connectivity index (χ1n) is 10.7. The fourth-order valence-electron chi connectivity index (χ4n) is 2.82. The van der Waals surface area contributed by atoms with Gasteiger partial charge < -0.3 is 10.4 Å². The average Bonchev–Trinajstić information content (AvgIpc) is 2.61. The normalized spacial score (nSPS) is 14.0. The number of carbonyl (C=O) groups is 2. The van der Waals surface area contributed by atoms with Crippen LogP contribution in [0.3, 0.4) is 0 Å². The number of aliphatic carboxylic acids is 1. The van der Waals surface area contributed by atoms with Crippen LogP contribution in [0.25, 0.3) is 0 Å². The lowest BCUT2D eigenvalue weighted by Crippen LogP contribution is -2.41. The number of carboxylic acids is 1. The Morgan fingerprint density at radius 2 is 1.40 bits per heavy atom. The molecule has 0 aromatic carbocycles. The van der Waals surface area contributed by atoms with Crippen LogP contribution < -0.4 is 5.32 Å². The Morgan fingerprint density at radius 1 is 0.867 bits per heavy atom. The monoisotopic (exact) mass is 435 g/mol. The second-order valence-electron chi connectivity index (χ2n) is 8.40. The van der Waals surface area contributed by atoms with Gasteiger partial charge in [0.05, 0.1) is 0 Å². The van der Waals surface area contributed by atoms with Crippen LogP contribution in [-0.4, -0.2) is 34.0 Å². The lowest BCUT2D eigenvalue weighted by Gasteiger charge is -2.17. The van der Waals surface area contributed by atoms with Crippen molar-refractivity contribution in [3.05, 3.63) is 46.6 Å². The molecule has 2 atom stereocenters. The van der Waals surface area contributed by atoms with Gasteiger partial charge in [0.25, 0.3) is 0 Å². The van der Waals surface area contributed by atoms with Crippen LogP contribution in [0.1, 0.15) is 80.6 Å². The summed E-state index contributed by atoms with van der Waals surface area (Å²) in [4.78, 5) is 22.7. The van der Waals surface area contributed by atoms with E-state index in [0.29, 0.717) is 5.75 Å². The molecular formula is C25H41NO3S. The number of allylic oxidation sites excluding steroid dienone is 7. The number of rotatable bonds is 14. The molecule has 2 N–H and O–H groups in total. The molecule has 0 rings (SSSR count). The summed E-state index contributed by atoms with van der Waals surface area (Å²) in [6.45, 7) is 14.1. The number of thioether (sulfide) groups is 1. The van der Waals surface area contributed by atoms with Gasteiger partial charge in [-0.05, 0) is 73.6 Å². The summed E-state index contributed by atoms with van der Waals surface area (Å²) in [5, 5.41) is 12.1. The number of carbonyl (C=O) groups excluding carboxylic acids is 1. The quantitative estimate of drug-likeness (QED) is 0.308. The van der Waals surface area contributed by atoms with Crippen LogP contribution in [-0.2, 0) is 9.59 Å². The summed E-state index contributed by atoms with van der Waals surface area (Å²) in [6, 6.07) is -0.864. The van der Waals surface area contributed by atoms with Gasteiger partial charge in [-0.3, -0.25) is 4.79 Å². The maximum Gasteiger partial charge on any atom is 0.327 e. The molecule has 0 radical (unpaired) electrons. The van der Waals surface area contributed by atoms with Crippen LogP contribution in [0.15, 0.2) is 46.6 Å². The SMILES string of the molecule is CC(=O)NC(CSC(/C=C(\C)CCC=C(C)C)C/C=C(\C)CCC=C(C)C)C(=O)O. The van der Waals surface area contributed by atoms with E-state index in [2.05, 4.69) is 71.2 Å². The molecule has 5 heteroatoms. The molecule has 4 nitrogen and oxygen atoms in total. The zero-order valence-corrected chi connectivity index (χ0v) is 20.7. The minimum atomic E-state index is -0.992. The Kier molecular flexibility index (Phi) is 15.1. The van der Waals surface area contributed by atoms with E-state index >= 15 is 0 Å². The van der Waals surface area contributed by atoms with Gasteiger partial charge in [0, 0.05) is 17.9 Å². The lowest BCUT2D eigenvalue weighted by atomic mass is 10.1. The van der Waals surface area contributed by atoms with Crippen molar-refractivity contribution >= 4 is 23.6 Å². The fourth-order valence-corrected chi connectivity index (χ4v) is 4.05. The molecule has 0 aromatic heterocycles. The zero-order valence-electron chi connectivity index (χ0n) is 19.9. The van der Waals surface area contributed by atoms with Crippen LogP contribution >= 0.6 is 11.8 Å². The minimum absolute atomic E-state index is 0.186. The highest BCUT2D eigenvalue weighted by Crippen LogP contribution is 2.23. The van der Waals surface area contributed by atoms with E-state index in [1.165, 1.54) is 29.2 Å². The first-order chi connectivity index (χ1) is 14.0. The number of hydrogen-bond donors (Lipinski definition) is 2. The Labute approximate surface area is 188 Å². The van der Waals surface area contributed by atoms with E-state index in [1.54, 1.807) is 11.8 Å². The smallest absolute Gasteiger partial charge is 0.327 e. The largest absolute Gasteiger partial charge is 0.480 e. The topological polar surface area (TPSA) is 66.4 Å². The molecule has 2 unspecified atom stereocenters. The van der Waals surface area contributed by atoms with Crippen molar-refractivity contribution in [2.24, 2.45) is 0 Å². The third-order valence-electron chi connectivity index (χ3n) is 4.50. The summed E-state index contributed by atoms with van der Waals surface area (Å²) in [5.74, 6) is -0.959. The predicted molar refractivity (Wildman–Crippen MR) is 131 cm³/mol. The van der Waals surface area contributed by atoms with E-state index in [1.807, 2.05) is 0 Å². The first-order valence-corrected chi connectivity index (χ1v) is 11.8. The summed E-state index contributed by atoms with van der Waals surface area (Å²) in [5.41, 5.74) is 5.32. The fraction of sp³-hybridized carbons (Fsp3) is 0.600. The van der Waals surface area contributed by atoms with Crippen LogP contribution in [0, 0.1) is 0 Å². The summed E-state index contributed by atoms with van der Waals surface area (Å²) >= 11 is 1.59. The maximum atomic E-state index is 11.4. The van der Waals surface area contributed by atoms with Crippen LogP contribution in [0.4, 0.5) is 0 Å². The van der Waals surface area contributed by atoms with Gasteiger partial charge in [-0.2, -0.15) is 11.8 Å². The summed E-state index contributed by atoms with van der Waals surface area (Å²) in [7, 11) is 0. The third kappa shape index (κ3) is 16.1. The number of amides is 1. The minimum Gasteiger partial charge on any atom is -0.480 e. The molecule has 0 saturated carbocycles. The predicted octanol–water partition coefficient (Wildman–Crippen LogP) is 6.45. The Hall–Kier alpha value is -1.75. The van der Waals surface area contributed by atoms with E-state index in [4.69, 9.17) is 0 Å². The van der Waals surface area contributed by atoms with Crippen molar-refractivity contribution in [3.8, 4) is 0 Å². The van der Waals surface area contributed by atoms with Gasteiger partial charge in [-0.15, -0.1) is 0 Å². The Morgan fingerprint density at radius 3 is 1.87 bits per heavy atom. The highest BCUT2D eigenvalue weighted by molar-refractivity contribution is 8.00. The molecule has 170 valence electrons. The van der Waals surface area contributed by atoms with Crippen LogP contribution in [0.2, 0.25) is 0 Å². The second-order valence-corrected chi connectivity index (χ2v) is 9.67. The highest BCUT2D eigenvalue weighted by Gasteiger charge is 2.20. The standard InChI is InChI=1S/C25H41NO3S/c1-18(2)10-8-12-20(5)14-15-23(16-21(6)13-9-11-19(3)4)30-17-24(25(28)29)26-22(7)27/h10-11,14,16,23-24H,8-9,12-13,15,17H2,1-7H3,(H,26,27)(H,28,29)/b20-14+,21-16+. The van der Waals surface area contributed by atoms with Crippen molar-refractivity contribution in [1.82, 2.24) is 5.32 Å². The molecule has 30 heavy (non-hydrogen) atoms. The molecule has 0 aliphatic carbocycles. The van der Waals surface area contributed by atoms with Gasteiger partial charge >= 0.3 is 5.97 Å². The molecule has 0 heterocycles. The number of nitrogens with one attached hydrogen (secondary N) is 1. The first kappa shape index (κ1) is 28.2. The molecule has 0 bridgehead atoms. The number of hydrogen-bond acceptors (Lipinski definition) is 3. The van der Waals surface area contributed by atoms with Crippen molar-refractivity contribution in [2.75, 3.05) is 5.75 Å². The molecule has 1 amide bonds. The number of carboxylic acid groups (broad SMARTS) is 1. The Balaban J connectivity index is 5.14. The molecule has 0 spiro atoms. The summed E-state index contributed by atoms with van der Waals surface area (Å²) < 4.78 is 0. The van der Waals surface area contributed by atoms with E-state index in [-0.39, 0.29) is 11.2 Å². The highest BCUT2D eigenvalue weighted by atomic mass is 32.2. The molecule has 0 saturated heterocycles. The summed E-state index contributed by atoms with van der Waals surface area (Å²) in [6.07, 6.45) is 14.0. The average molecular weight is 436 g/mol. The van der Waals surface area contributed by atoms with Gasteiger partial charge in [-0.1, -0.05) is 46.6 Å².